The molecular weight excluding hydrogens is 184 g/mol. The molecule has 0 saturated carbocycles. The zero-order valence-corrected chi connectivity index (χ0v) is 6.76. The molecule has 0 aliphatic rings. The number of halogens is 1. The van der Waals surface area contributed by atoms with Gasteiger partial charge in [0, 0.05) is 9.85 Å². The number of hydrogen-bond donors (Lipinski definition) is 0. The average molecular weight is 190 g/mol. The lowest BCUT2D eigenvalue weighted by atomic mass is 10.3. The van der Waals surface area contributed by atoms with E-state index in [-0.39, 0.29) is 0 Å². The van der Waals surface area contributed by atoms with E-state index in [0.717, 1.165) is 6.42 Å². The molecule has 0 nitrogen and oxygen atoms in total. The third-order valence-electron chi connectivity index (χ3n) is 0.958. The van der Waals surface area contributed by atoms with Gasteiger partial charge in [0.15, 0.2) is 0 Å². The first-order valence-electron chi connectivity index (χ1n) is 2.34. The van der Waals surface area contributed by atoms with Crippen molar-refractivity contribution in [2.24, 2.45) is 0 Å². The van der Waals surface area contributed by atoms with E-state index in [9.17, 15) is 0 Å². The number of rotatable bonds is 1. The topological polar surface area (TPSA) is 0 Å². The Kier molecular flexibility index (Phi) is 2.08. The number of hydrogen-bond acceptors (Lipinski definition) is 1. The fraction of sp³-hybridized carbons (Fsp3) is 0.167. The Balaban J connectivity index is 2.92. The van der Waals surface area contributed by atoms with Crippen LogP contribution >= 0.6 is 27.3 Å². The molecule has 8 heavy (non-hydrogen) atoms. The molecule has 0 bridgehead atoms. The lowest BCUT2D eigenvalue weighted by Gasteiger charge is -1.85. The van der Waals surface area contributed by atoms with Gasteiger partial charge in [-0.25, -0.2) is 0 Å². The molecule has 1 radical (unpaired) electrons. The summed E-state index contributed by atoms with van der Waals surface area (Å²) in [6, 6.07) is 0. The molecule has 1 rings (SSSR count). The molecule has 0 atom stereocenters. The molecule has 0 spiro atoms. The van der Waals surface area contributed by atoms with Crippen LogP contribution in [-0.4, -0.2) is 0 Å². The molecular formula is C6H6BrS. The van der Waals surface area contributed by atoms with Gasteiger partial charge in [-0.2, -0.15) is 11.3 Å². The van der Waals surface area contributed by atoms with Gasteiger partial charge in [0.2, 0.25) is 0 Å². The molecule has 1 aromatic rings. The molecule has 0 aromatic carbocycles. The Labute approximate surface area is 61.7 Å². The lowest BCUT2D eigenvalue weighted by Crippen LogP contribution is -1.71. The molecule has 0 amide bonds. The van der Waals surface area contributed by atoms with E-state index in [1.165, 1.54) is 10.0 Å². The van der Waals surface area contributed by atoms with Crippen molar-refractivity contribution in [3.8, 4) is 0 Å². The van der Waals surface area contributed by atoms with Gasteiger partial charge >= 0.3 is 0 Å². The van der Waals surface area contributed by atoms with Gasteiger partial charge in [-0.05, 0) is 40.2 Å². The predicted octanol–water partition coefficient (Wildman–Crippen LogP) is 2.89. The molecule has 43 valence electrons. The monoisotopic (exact) mass is 189 g/mol. The van der Waals surface area contributed by atoms with E-state index in [1.807, 2.05) is 0 Å². The van der Waals surface area contributed by atoms with E-state index in [0.29, 0.717) is 0 Å². The molecule has 0 saturated heterocycles. The van der Waals surface area contributed by atoms with Gasteiger partial charge in [-0.1, -0.05) is 0 Å². The number of thiophene rings is 1. The van der Waals surface area contributed by atoms with E-state index in [2.05, 4.69) is 33.6 Å². The predicted molar refractivity (Wildman–Crippen MR) is 41.1 cm³/mol. The van der Waals surface area contributed by atoms with Crippen molar-refractivity contribution in [1.29, 1.82) is 0 Å². The SMILES string of the molecule is [CH2]Cc1cscc1Br. The third kappa shape index (κ3) is 1.12. The van der Waals surface area contributed by atoms with Crippen molar-refractivity contribution >= 4 is 27.3 Å². The molecule has 0 fully saturated rings. The molecule has 0 unspecified atom stereocenters. The standard InChI is InChI=1S/C6H6BrS/c1-2-5-3-8-4-6(5)7/h3-4H,1-2H2. The van der Waals surface area contributed by atoms with Crippen molar-refractivity contribution in [3.63, 3.8) is 0 Å². The first-order chi connectivity index (χ1) is 3.84. The lowest BCUT2D eigenvalue weighted by molar-refractivity contribution is 1.28. The zero-order chi connectivity index (χ0) is 5.98. The normalized spacial score (nSPS) is 9.75. The second kappa shape index (κ2) is 2.65. The highest BCUT2D eigenvalue weighted by atomic mass is 79.9. The minimum atomic E-state index is 0.879. The van der Waals surface area contributed by atoms with Crippen molar-refractivity contribution in [2.75, 3.05) is 0 Å². The van der Waals surface area contributed by atoms with Crippen molar-refractivity contribution in [1.82, 2.24) is 0 Å². The Morgan fingerprint density at radius 2 is 2.38 bits per heavy atom. The summed E-state index contributed by atoms with van der Waals surface area (Å²) >= 11 is 5.10. The quantitative estimate of drug-likeness (QED) is 0.638. The van der Waals surface area contributed by atoms with E-state index < -0.39 is 0 Å². The van der Waals surface area contributed by atoms with Gasteiger partial charge < -0.3 is 0 Å². The summed E-state index contributed by atoms with van der Waals surface area (Å²) in [5, 5.41) is 4.18. The maximum Gasteiger partial charge on any atom is 0.0314 e. The highest BCUT2D eigenvalue weighted by molar-refractivity contribution is 9.10. The molecule has 0 aliphatic heterocycles. The van der Waals surface area contributed by atoms with Crippen LogP contribution in [0.25, 0.3) is 0 Å². The van der Waals surface area contributed by atoms with E-state index >= 15 is 0 Å². The van der Waals surface area contributed by atoms with Crippen LogP contribution in [0.4, 0.5) is 0 Å². The molecule has 2 heteroatoms. The largest absolute Gasteiger partial charge is 0.151 e. The fourth-order valence-corrected chi connectivity index (χ4v) is 2.02. The van der Waals surface area contributed by atoms with Gasteiger partial charge in [0.1, 0.15) is 0 Å². The second-order valence-corrected chi connectivity index (χ2v) is 3.09. The van der Waals surface area contributed by atoms with E-state index in [4.69, 9.17) is 0 Å². The average Bonchev–Trinajstić information content (AvgIpc) is 2.14. The summed E-state index contributed by atoms with van der Waals surface area (Å²) in [4.78, 5) is 0. The summed E-state index contributed by atoms with van der Waals surface area (Å²) in [7, 11) is 0. The maximum atomic E-state index is 3.77. The first-order valence-corrected chi connectivity index (χ1v) is 4.08. The zero-order valence-electron chi connectivity index (χ0n) is 4.36. The van der Waals surface area contributed by atoms with Gasteiger partial charge in [0.25, 0.3) is 0 Å². The van der Waals surface area contributed by atoms with Crippen molar-refractivity contribution in [3.05, 3.63) is 27.7 Å². The highest BCUT2D eigenvalue weighted by Crippen LogP contribution is 2.20. The van der Waals surface area contributed by atoms with Gasteiger partial charge in [-0.3, -0.25) is 0 Å². The summed E-state index contributed by atoms with van der Waals surface area (Å²) in [6.07, 6.45) is 0.879. The van der Waals surface area contributed by atoms with Gasteiger partial charge in [-0.15, -0.1) is 0 Å². The summed E-state index contributed by atoms with van der Waals surface area (Å²) < 4.78 is 1.19. The minimum Gasteiger partial charge on any atom is -0.151 e. The maximum absolute atomic E-state index is 3.77. The molecule has 1 aromatic heterocycles. The first kappa shape index (κ1) is 6.30. The van der Waals surface area contributed by atoms with Crippen LogP contribution in [0.3, 0.4) is 0 Å². The molecule has 1 heterocycles. The Hall–Kier alpha value is 0.180. The highest BCUT2D eigenvalue weighted by Gasteiger charge is 1.94. The van der Waals surface area contributed by atoms with Crippen LogP contribution in [0, 0.1) is 6.92 Å². The Morgan fingerprint density at radius 1 is 1.62 bits per heavy atom. The third-order valence-corrected chi connectivity index (χ3v) is 2.79. The fourth-order valence-electron chi connectivity index (χ4n) is 0.486. The Morgan fingerprint density at radius 3 is 2.62 bits per heavy atom. The summed E-state index contributed by atoms with van der Waals surface area (Å²) in [5.74, 6) is 0. The van der Waals surface area contributed by atoms with Crippen LogP contribution in [0.1, 0.15) is 5.56 Å². The van der Waals surface area contributed by atoms with Crippen molar-refractivity contribution in [2.45, 2.75) is 6.42 Å². The summed E-state index contributed by atoms with van der Waals surface area (Å²) in [6.45, 7) is 3.77. The van der Waals surface area contributed by atoms with Crippen LogP contribution in [0.15, 0.2) is 15.2 Å². The van der Waals surface area contributed by atoms with Crippen LogP contribution < -0.4 is 0 Å². The summed E-state index contributed by atoms with van der Waals surface area (Å²) in [5.41, 5.74) is 1.30. The molecule has 0 aliphatic carbocycles. The van der Waals surface area contributed by atoms with Crippen LogP contribution in [0.2, 0.25) is 0 Å². The van der Waals surface area contributed by atoms with Gasteiger partial charge in [0.05, 0.1) is 0 Å². The van der Waals surface area contributed by atoms with Crippen molar-refractivity contribution < 1.29 is 0 Å². The Bertz CT molecular complexity index is 169. The van der Waals surface area contributed by atoms with Crippen LogP contribution in [0.5, 0.6) is 0 Å². The second-order valence-electron chi connectivity index (χ2n) is 1.49. The van der Waals surface area contributed by atoms with Crippen LogP contribution in [-0.2, 0) is 6.42 Å². The smallest absolute Gasteiger partial charge is 0.0314 e. The minimum absolute atomic E-state index is 0.879. The van der Waals surface area contributed by atoms with E-state index in [1.54, 1.807) is 11.3 Å². The molecule has 0 N–H and O–H groups in total.